The zero-order valence-corrected chi connectivity index (χ0v) is 20.1. The molecule has 34 heavy (non-hydrogen) atoms. The molecular formula is C27H32N2O5. The van der Waals surface area contributed by atoms with E-state index in [9.17, 15) is 4.79 Å². The van der Waals surface area contributed by atoms with Crippen molar-refractivity contribution in [1.29, 1.82) is 0 Å². The van der Waals surface area contributed by atoms with Gasteiger partial charge in [0.15, 0.2) is 11.5 Å². The van der Waals surface area contributed by atoms with Gasteiger partial charge >= 0.3 is 0 Å². The van der Waals surface area contributed by atoms with E-state index in [0.717, 1.165) is 23.2 Å². The molecule has 2 aromatic carbocycles. The number of rotatable bonds is 7. The van der Waals surface area contributed by atoms with Gasteiger partial charge in [-0.05, 0) is 63.6 Å². The highest BCUT2D eigenvalue weighted by Gasteiger charge is 2.57. The first kappa shape index (κ1) is 21.7. The average molecular weight is 465 g/mol. The van der Waals surface area contributed by atoms with Gasteiger partial charge in [0.25, 0.3) is 0 Å². The lowest BCUT2D eigenvalue weighted by Gasteiger charge is -2.27. The summed E-state index contributed by atoms with van der Waals surface area (Å²) < 4.78 is 23.1. The maximum atomic E-state index is 14.1. The van der Waals surface area contributed by atoms with E-state index in [4.69, 9.17) is 18.9 Å². The first-order chi connectivity index (χ1) is 16.4. The number of hydrogen-bond donors (Lipinski definition) is 1. The van der Waals surface area contributed by atoms with Crippen LogP contribution in [-0.4, -0.2) is 44.2 Å². The monoisotopic (exact) mass is 464 g/mol. The van der Waals surface area contributed by atoms with E-state index in [2.05, 4.69) is 38.2 Å². The highest BCUT2D eigenvalue weighted by Crippen LogP contribution is 2.55. The van der Waals surface area contributed by atoms with Crippen molar-refractivity contribution in [2.45, 2.75) is 57.1 Å². The molecule has 180 valence electrons. The number of benzene rings is 2. The minimum Gasteiger partial charge on any atom is -0.491 e. The van der Waals surface area contributed by atoms with Gasteiger partial charge < -0.3 is 23.8 Å². The fourth-order valence-corrected chi connectivity index (χ4v) is 5.42. The molecule has 1 saturated carbocycles. The van der Waals surface area contributed by atoms with Crippen molar-refractivity contribution in [3.05, 3.63) is 47.5 Å². The summed E-state index contributed by atoms with van der Waals surface area (Å²) in [6.45, 7) is 7.85. The number of carbonyl (C=O) groups excluding carboxylic acids is 1. The Balaban J connectivity index is 1.26. The van der Waals surface area contributed by atoms with Crippen molar-refractivity contribution >= 4 is 11.6 Å². The SMILES string of the molecule is CC(C)(C)OCNC(CCN1C(=O)C2(COc3cc4c(cc32)OCO4)c2ccccc21)C1CC1. The molecule has 7 nitrogen and oxygen atoms in total. The van der Waals surface area contributed by atoms with E-state index >= 15 is 0 Å². The quantitative estimate of drug-likeness (QED) is 0.626. The lowest BCUT2D eigenvalue weighted by Crippen LogP contribution is -2.44. The Hall–Kier alpha value is -2.77. The van der Waals surface area contributed by atoms with Gasteiger partial charge in [-0.1, -0.05) is 18.2 Å². The molecule has 2 unspecified atom stereocenters. The average Bonchev–Trinajstić information content (AvgIpc) is 3.36. The van der Waals surface area contributed by atoms with Gasteiger partial charge in [-0.25, -0.2) is 0 Å². The fraction of sp³-hybridized carbons (Fsp3) is 0.519. The van der Waals surface area contributed by atoms with Crippen LogP contribution in [0.2, 0.25) is 0 Å². The first-order valence-electron chi connectivity index (χ1n) is 12.2. The predicted molar refractivity (Wildman–Crippen MR) is 128 cm³/mol. The van der Waals surface area contributed by atoms with Crippen LogP contribution in [0.1, 0.15) is 51.2 Å². The molecule has 6 rings (SSSR count). The molecule has 1 fully saturated rings. The molecule has 0 aromatic heterocycles. The van der Waals surface area contributed by atoms with Gasteiger partial charge in [0.2, 0.25) is 12.7 Å². The van der Waals surface area contributed by atoms with Crippen LogP contribution < -0.4 is 24.4 Å². The molecule has 3 aliphatic heterocycles. The Morgan fingerprint density at radius 1 is 1.09 bits per heavy atom. The Morgan fingerprint density at radius 3 is 2.62 bits per heavy atom. The number of carbonyl (C=O) groups is 1. The lowest BCUT2D eigenvalue weighted by atomic mass is 9.77. The zero-order chi connectivity index (χ0) is 23.5. The summed E-state index contributed by atoms with van der Waals surface area (Å²) in [6, 6.07) is 12.2. The van der Waals surface area contributed by atoms with Crippen LogP contribution in [0.3, 0.4) is 0 Å². The summed E-state index contributed by atoms with van der Waals surface area (Å²) in [5.41, 5.74) is 1.83. The molecule has 1 aliphatic carbocycles. The van der Waals surface area contributed by atoms with E-state index in [1.807, 2.05) is 29.2 Å². The summed E-state index contributed by atoms with van der Waals surface area (Å²) in [5.74, 6) is 2.77. The molecule has 2 aromatic rings. The van der Waals surface area contributed by atoms with Gasteiger partial charge in [0.1, 0.15) is 17.8 Å². The van der Waals surface area contributed by atoms with Crippen molar-refractivity contribution in [1.82, 2.24) is 5.32 Å². The van der Waals surface area contributed by atoms with Crippen molar-refractivity contribution in [3.8, 4) is 17.2 Å². The molecule has 1 spiro atoms. The molecule has 0 saturated heterocycles. The highest BCUT2D eigenvalue weighted by atomic mass is 16.7. The fourth-order valence-electron chi connectivity index (χ4n) is 5.42. The van der Waals surface area contributed by atoms with E-state index in [1.54, 1.807) is 0 Å². The number of nitrogens with zero attached hydrogens (tertiary/aromatic N) is 1. The first-order valence-corrected chi connectivity index (χ1v) is 12.2. The molecule has 4 aliphatic rings. The summed E-state index contributed by atoms with van der Waals surface area (Å²) in [6.07, 6.45) is 3.34. The summed E-state index contributed by atoms with van der Waals surface area (Å²) in [7, 11) is 0. The number of anilines is 1. The Morgan fingerprint density at radius 2 is 1.85 bits per heavy atom. The van der Waals surface area contributed by atoms with Crippen LogP contribution in [0.25, 0.3) is 0 Å². The minimum absolute atomic E-state index is 0.0757. The molecule has 3 heterocycles. The van der Waals surface area contributed by atoms with Gasteiger partial charge in [0.05, 0.1) is 12.3 Å². The van der Waals surface area contributed by atoms with Crippen LogP contribution in [0.4, 0.5) is 5.69 Å². The van der Waals surface area contributed by atoms with Crippen LogP contribution in [0.15, 0.2) is 36.4 Å². The van der Waals surface area contributed by atoms with Gasteiger partial charge in [-0.15, -0.1) is 0 Å². The van der Waals surface area contributed by atoms with Gasteiger partial charge in [-0.3, -0.25) is 10.1 Å². The second-order valence-corrected chi connectivity index (χ2v) is 10.7. The minimum atomic E-state index is -0.843. The second kappa shape index (κ2) is 7.89. The third kappa shape index (κ3) is 3.53. The molecule has 1 N–H and O–H groups in total. The number of ether oxygens (including phenoxy) is 4. The Kier molecular flexibility index (Phi) is 5.04. The number of amides is 1. The molecule has 0 radical (unpaired) electrons. The number of hydrogen-bond acceptors (Lipinski definition) is 6. The Bertz CT molecular complexity index is 1120. The number of fused-ring (bicyclic) bond motifs is 5. The normalized spacial score (nSPS) is 23.3. The van der Waals surface area contributed by atoms with Crippen LogP contribution in [0, 0.1) is 5.92 Å². The van der Waals surface area contributed by atoms with Crippen molar-refractivity contribution < 1.29 is 23.7 Å². The highest BCUT2D eigenvalue weighted by molar-refractivity contribution is 6.11. The number of nitrogens with one attached hydrogen (secondary N) is 1. The van der Waals surface area contributed by atoms with Crippen molar-refractivity contribution in [3.63, 3.8) is 0 Å². The summed E-state index contributed by atoms with van der Waals surface area (Å²) in [5, 5.41) is 3.59. The topological polar surface area (TPSA) is 69.3 Å². The van der Waals surface area contributed by atoms with Gasteiger partial charge in [0, 0.05) is 29.9 Å². The van der Waals surface area contributed by atoms with E-state index < -0.39 is 5.41 Å². The molecule has 7 heteroatoms. The predicted octanol–water partition coefficient (Wildman–Crippen LogP) is 3.97. The van der Waals surface area contributed by atoms with Crippen molar-refractivity contribution in [2.24, 2.45) is 5.92 Å². The molecular weight excluding hydrogens is 432 g/mol. The standard InChI is InChI=1S/C27H32N2O5/c1-26(2,3)34-15-28-20(17-8-9-17)10-11-29-21-7-5-4-6-18(21)27(25(29)30)14-31-22-13-24-23(12-19(22)27)32-16-33-24/h4-7,12-13,17,20,28H,8-11,14-16H2,1-3H3. The molecule has 2 atom stereocenters. The third-order valence-electron chi connectivity index (χ3n) is 7.35. The second-order valence-electron chi connectivity index (χ2n) is 10.7. The molecule has 0 bridgehead atoms. The van der Waals surface area contributed by atoms with Crippen LogP contribution in [-0.2, 0) is 14.9 Å². The largest absolute Gasteiger partial charge is 0.491 e. The summed E-state index contributed by atoms with van der Waals surface area (Å²) >= 11 is 0. The zero-order valence-electron chi connectivity index (χ0n) is 20.1. The maximum absolute atomic E-state index is 14.1. The van der Waals surface area contributed by atoms with E-state index in [1.165, 1.54) is 12.8 Å². The van der Waals surface area contributed by atoms with Crippen LogP contribution in [0.5, 0.6) is 17.2 Å². The smallest absolute Gasteiger partial charge is 0.245 e. The Labute approximate surface area is 200 Å². The van der Waals surface area contributed by atoms with Crippen LogP contribution >= 0.6 is 0 Å². The maximum Gasteiger partial charge on any atom is 0.245 e. The van der Waals surface area contributed by atoms with E-state index in [0.29, 0.717) is 49.1 Å². The molecule has 1 amide bonds. The lowest BCUT2D eigenvalue weighted by molar-refractivity contribution is -0.122. The third-order valence-corrected chi connectivity index (χ3v) is 7.35. The van der Waals surface area contributed by atoms with E-state index in [-0.39, 0.29) is 18.3 Å². The number of para-hydroxylation sites is 1. The van der Waals surface area contributed by atoms with Gasteiger partial charge in [-0.2, -0.15) is 0 Å². The van der Waals surface area contributed by atoms with Crippen molar-refractivity contribution in [2.75, 3.05) is 31.6 Å². The summed E-state index contributed by atoms with van der Waals surface area (Å²) in [4.78, 5) is 16.1.